The van der Waals surface area contributed by atoms with Crippen molar-refractivity contribution in [3.63, 3.8) is 0 Å². The third kappa shape index (κ3) is 6.04. The zero-order chi connectivity index (χ0) is 15.1. The van der Waals surface area contributed by atoms with Crippen molar-refractivity contribution in [2.24, 2.45) is 17.6 Å². The van der Waals surface area contributed by atoms with Gasteiger partial charge in [0.2, 0.25) is 17.7 Å². The molecular formula is C14H25N3O3. The maximum Gasteiger partial charge on any atom is 0.220 e. The molecule has 1 saturated heterocycles. The first-order chi connectivity index (χ1) is 9.38. The monoisotopic (exact) mass is 283 g/mol. The highest BCUT2D eigenvalue weighted by atomic mass is 16.2. The summed E-state index contributed by atoms with van der Waals surface area (Å²) in [6, 6.07) is 0. The number of hydrogen-bond donors (Lipinski definition) is 2. The van der Waals surface area contributed by atoms with E-state index in [4.69, 9.17) is 5.73 Å². The molecule has 20 heavy (non-hydrogen) atoms. The Morgan fingerprint density at radius 3 is 2.35 bits per heavy atom. The van der Waals surface area contributed by atoms with Crippen LogP contribution in [-0.4, -0.2) is 42.3 Å². The Bertz CT molecular complexity index is 363. The van der Waals surface area contributed by atoms with Gasteiger partial charge in [0, 0.05) is 39.4 Å². The molecule has 1 aliphatic rings. The van der Waals surface area contributed by atoms with Crippen LogP contribution in [0.3, 0.4) is 0 Å². The van der Waals surface area contributed by atoms with Gasteiger partial charge in [-0.15, -0.1) is 0 Å². The van der Waals surface area contributed by atoms with E-state index in [0.29, 0.717) is 18.9 Å². The average molecular weight is 283 g/mol. The SMILES string of the molecule is CC(=O)N1CCC(CNC(=O)C[C@H](C)CC(N)=O)CC1. The van der Waals surface area contributed by atoms with Crippen LogP contribution in [0.5, 0.6) is 0 Å². The van der Waals surface area contributed by atoms with E-state index < -0.39 is 0 Å². The number of nitrogens with zero attached hydrogens (tertiary/aromatic N) is 1. The van der Waals surface area contributed by atoms with Crippen LogP contribution < -0.4 is 11.1 Å². The van der Waals surface area contributed by atoms with Crippen molar-refractivity contribution in [1.82, 2.24) is 10.2 Å². The van der Waals surface area contributed by atoms with Crippen molar-refractivity contribution in [1.29, 1.82) is 0 Å². The molecule has 0 bridgehead atoms. The molecule has 3 N–H and O–H groups in total. The van der Waals surface area contributed by atoms with E-state index in [0.717, 1.165) is 25.9 Å². The van der Waals surface area contributed by atoms with Gasteiger partial charge < -0.3 is 16.0 Å². The Kier molecular flexibility index (Phi) is 6.48. The highest BCUT2D eigenvalue weighted by Gasteiger charge is 2.21. The van der Waals surface area contributed by atoms with Crippen LogP contribution >= 0.6 is 0 Å². The van der Waals surface area contributed by atoms with Crippen LogP contribution in [-0.2, 0) is 14.4 Å². The minimum Gasteiger partial charge on any atom is -0.370 e. The molecule has 0 spiro atoms. The summed E-state index contributed by atoms with van der Waals surface area (Å²) in [5.41, 5.74) is 5.09. The van der Waals surface area contributed by atoms with Gasteiger partial charge in [-0.05, 0) is 24.7 Å². The molecule has 1 aliphatic heterocycles. The Morgan fingerprint density at radius 1 is 1.25 bits per heavy atom. The summed E-state index contributed by atoms with van der Waals surface area (Å²) in [6.45, 7) is 5.62. The van der Waals surface area contributed by atoms with E-state index in [1.807, 2.05) is 11.8 Å². The lowest BCUT2D eigenvalue weighted by atomic mass is 9.96. The molecule has 0 unspecified atom stereocenters. The van der Waals surface area contributed by atoms with Crippen molar-refractivity contribution in [3.05, 3.63) is 0 Å². The van der Waals surface area contributed by atoms with Gasteiger partial charge in [-0.1, -0.05) is 6.92 Å². The van der Waals surface area contributed by atoms with Gasteiger partial charge in [0.1, 0.15) is 0 Å². The number of carbonyl (C=O) groups is 3. The van der Waals surface area contributed by atoms with Crippen LogP contribution in [0.1, 0.15) is 39.5 Å². The summed E-state index contributed by atoms with van der Waals surface area (Å²) >= 11 is 0. The molecule has 0 saturated carbocycles. The van der Waals surface area contributed by atoms with E-state index in [-0.39, 0.29) is 30.1 Å². The normalized spacial score (nSPS) is 17.6. The topological polar surface area (TPSA) is 92.5 Å². The molecule has 0 aromatic rings. The zero-order valence-corrected chi connectivity index (χ0v) is 12.4. The van der Waals surface area contributed by atoms with E-state index in [1.54, 1.807) is 6.92 Å². The number of rotatable bonds is 6. The highest BCUT2D eigenvalue weighted by molar-refractivity contribution is 5.78. The summed E-state index contributed by atoms with van der Waals surface area (Å²) < 4.78 is 0. The van der Waals surface area contributed by atoms with Gasteiger partial charge in [0.05, 0.1) is 0 Å². The molecule has 0 aromatic carbocycles. The second-order valence-corrected chi connectivity index (χ2v) is 5.73. The minimum absolute atomic E-state index is 0.0212. The van der Waals surface area contributed by atoms with Crippen molar-refractivity contribution >= 4 is 17.7 Å². The Balaban J connectivity index is 2.19. The van der Waals surface area contributed by atoms with Crippen molar-refractivity contribution in [2.75, 3.05) is 19.6 Å². The molecular weight excluding hydrogens is 258 g/mol. The fourth-order valence-electron chi connectivity index (χ4n) is 2.51. The second-order valence-electron chi connectivity index (χ2n) is 5.73. The minimum atomic E-state index is -0.373. The molecule has 0 aliphatic carbocycles. The predicted octanol–water partition coefficient (Wildman–Crippen LogP) is 0.263. The predicted molar refractivity (Wildman–Crippen MR) is 75.6 cm³/mol. The number of hydrogen-bond acceptors (Lipinski definition) is 3. The van der Waals surface area contributed by atoms with Gasteiger partial charge in [0.15, 0.2) is 0 Å². The van der Waals surface area contributed by atoms with Crippen LogP contribution in [0.4, 0.5) is 0 Å². The summed E-state index contributed by atoms with van der Waals surface area (Å²) in [7, 11) is 0. The van der Waals surface area contributed by atoms with Gasteiger partial charge in [0.25, 0.3) is 0 Å². The van der Waals surface area contributed by atoms with Crippen molar-refractivity contribution in [2.45, 2.75) is 39.5 Å². The molecule has 0 radical (unpaired) electrons. The molecule has 1 heterocycles. The number of piperidine rings is 1. The maximum absolute atomic E-state index is 11.7. The lowest BCUT2D eigenvalue weighted by Gasteiger charge is -2.31. The van der Waals surface area contributed by atoms with E-state index >= 15 is 0 Å². The number of nitrogens with two attached hydrogens (primary N) is 1. The summed E-state index contributed by atoms with van der Waals surface area (Å²) in [5.74, 6) is 0.121. The molecule has 6 heteroatoms. The molecule has 1 rings (SSSR count). The lowest BCUT2D eigenvalue weighted by molar-refractivity contribution is -0.130. The third-order valence-electron chi connectivity index (χ3n) is 3.73. The van der Waals surface area contributed by atoms with Crippen LogP contribution in [0.25, 0.3) is 0 Å². The van der Waals surface area contributed by atoms with Crippen LogP contribution in [0.2, 0.25) is 0 Å². The maximum atomic E-state index is 11.7. The third-order valence-corrected chi connectivity index (χ3v) is 3.73. The number of likely N-dealkylation sites (tertiary alicyclic amines) is 1. The fraction of sp³-hybridized carbons (Fsp3) is 0.786. The first kappa shape index (κ1) is 16.5. The number of amides is 3. The number of carbonyl (C=O) groups excluding carboxylic acids is 3. The zero-order valence-electron chi connectivity index (χ0n) is 12.4. The first-order valence-electron chi connectivity index (χ1n) is 7.19. The molecule has 6 nitrogen and oxygen atoms in total. The summed E-state index contributed by atoms with van der Waals surface area (Å²) in [6.07, 6.45) is 2.42. The van der Waals surface area contributed by atoms with Crippen LogP contribution in [0.15, 0.2) is 0 Å². The van der Waals surface area contributed by atoms with Gasteiger partial charge in [-0.25, -0.2) is 0 Å². The fourth-order valence-corrected chi connectivity index (χ4v) is 2.51. The molecule has 1 atom stereocenters. The first-order valence-corrected chi connectivity index (χ1v) is 7.19. The summed E-state index contributed by atoms with van der Waals surface area (Å²) in [4.78, 5) is 35.5. The molecule has 0 aromatic heterocycles. The van der Waals surface area contributed by atoms with Gasteiger partial charge in [-0.3, -0.25) is 14.4 Å². The quantitative estimate of drug-likeness (QED) is 0.732. The van der Waals surface area contributed by atoms with Gasteiger partial charge >= 0.3 is 0 Å². The molecule has 3 amide bonds. The molecule has 1 fully saturated rings. The molecule has 114 valence electrons. The van der Waals surface area contributed by atoms with E-state index in [9.17, 15) is 14.4 Å². The van der Waals surface area contributed by atoms with Crippen molar-refractivity contribution < 1.29 is 14.4 Å². The second kappa shape index (κ2) is 7.87. The van der Waals surface area contributed by atoms with Crippen LogP contribution in [0, 0.1) is 11.8 Å². The van der Waals surface area contributed by atoms with E-state index in [2.05, 4.69) is 5.32 Å². The number of primary amides is 1. The van der Waals surface area contributed by atoms with Crippen molar-refractivity contribution in [3.8, 4) is 0 Å². The Hall–Kier alpha value is -1.59. The smallest absolute Gasteiger partial charge is 0.220 e. The standard InChI is InChI=1S/C14H25N3O3/c1-10(7-13(15)19)8-14(20)16-9-12-3-5-17(6-4-12)11(2)18/h10,12H,3-9H2,1-2H3,(H2,15,19)(H,16,20)/t10-/m1/s1. The largest absolute Gasteiger partial charge is 0.370 e. The van der Waals surface area contributed by atoms with Gasteiger partial charge in [-0.2, -0.15) is 0 Å². The summed E-state index contributed by atoms with van der Waals surface area (Å²) in [5, 5.41) is 2.91. The van der Waals surface area contributed by atoms with E-state index in [1.165, 1.54) is 0 Å². The Labute approximate surface area is 120 Å². The average Bonchev–Trinajstić information content (AvgIpc) is 2.35. The number of nitrogens with one attached hydrogen (secondary N) is 1. The lowest BCUT2D eigenvalue weighted by Crippen LogP contribution is -2.40. The highest BCUT2D eigenvalue weighted by Crippen LogP contribution is 2.16. The Morgan fingerprint density at radius 2 is 1.85 bits per heavy atom.